The Morgan fingerprint density at radius 3 is 2.29 bits per heavy atom. The highest BCUT2D eigenvalue weighted by molar-refractivity contribution is 5.69. The van der Waals surface area contributed by atoms with Crippen LogP contribution in [0.5, 0.6) is 0 Å². The van der Waals surface area contributed by atoms with E-state index in [1.54, 1.807) is 0 Å². The van der Waals surface area contributed by atoms with Gasteiger partial charge in [-0.2, -0.15) is 0 Å². The molecule has 0 aliphatic heterocycles. The molecule has 0 spiro atoms. The van der Waals surface area contributed by atoms with Crippen LogP contribution in [0, 0.1) is 0 Å². The first kappa shape index (κ1) is 11.5. The maximum absolute atomic E-state index is 3.22. The summed E-state index contributed by atoms with van der Waals surface area (Å²) >= 11 is 0. The van der Waals surface area contributed by atoms with E-state index in [1.165, 1.54) is 11.3 Å². The Kier molecular flexibility index (Phi) is 3.66. The second kappa shape index (κ2) is 5.39. The first-order valence-electron chi connectivity index (χ1n) is 5.83. The van der Waals surface area contributed by atoms with Crippen LogP contribution in [0.3, 0.4) is 0 Å². The lowest BCUT2D eigenvalue weighted by atomic mass is 10.2. The maximum atomic E-state index is 3.22. The van der Waals surface area contributed by atoms with Crippen LogP contribution in [0.1, 0.15) is 5.56 Å². The van der Waals surface area contributed by atoms with E-state index in [9.17, 15) is 0 Å². The first-order chi connectivity index (χ1) is 8.31. The fraction of sp³-hybridized carbons (Fsp3) is 0.200. The van der Waals surface area contributed by atoms with E-state index >= 15 is 0 Å². The number of para-hydroxylation sites is 2. The van der Waals surface area contributed by atoms with Gasteiger partial charge in [0.25, 0.3) is 0 Å². The van der Waals surface area contributed by atoms with Crippen molar-refractivity contribution >= 4 is 11.4 Å². The second-order valence-electron chi connectivity index (χ2n) is 4.11. The van der Waals surface area contributed by atoms with E-state index in [0.717, 1.165) is 12.2 Å². The summed E-state index contributed by atoms with van der Waals surface area (Å²) in [6.45, 7) is 0.916. The molecule has 0 aromatic heterocycles. The lowest BCUT2D eigenvalue weighted by Gasteiger charge is -2.22. The molecule has 2 aromatic rings. The van der Waals surface area contributed by atoms with E-state index in [0.29, 0.717) is 0 Å². The van der Waals surface area contributed by atoms with Crippen molar-refractivity contribution in [3.63, 3.8) is 0 Å². The van der Waals surface area contributed by atoms with Crippen LogP contribution in [0.4, 0.5) is 11.4 Å². The second-order valence-corrected chi connectivity index (χ2v) is 4.11. The molecule has 0 unspecified atom stereocenters. The minimum absolute atomic E-state index is 0.916. The molecule has 0 aliphatic rings. The molecule has 17 heavy (non-hydrogen) atoms. The van der Waals surface area contributed by atoms with Crippen molar-refractivity contribution in [2.75, 3.05) is 24.3 Å². The lowest BCUT2D eigenvalue weighted by molar-refractivity contribution is 0.924. The molecule has 0 bridgehead atoms. The van der Waals surface area contributed by atoms with Crippen molar-refractivity contribution in [2.24, 2.45) is 0 Å². The topological polar surface area (TPSA) is 15.3 Å². The molecular weight excluding hydrogens is 208 g/mol. The number of nitrogens with zero attached hydrogens (tertiary/aromatic N) is 1. The summed E-state index contributed by atoms with van der Waals surface area (Å²) < 4.78 is 0. The molecule has 2 heteroatoms. The van der Waals surface area contributed by atoms with Crippen molar-refractivity contribution in [3.05, 3.63) is 60.2 Å². The number of benzene rings is 2. The Labute approximate surface area is 103 Å². The number of anilines is 2. The molecular formula is C15H18N2. The highest BCUT2D eigenvalue weighted by Gasteiger charge is 2.05. The molecule has 0 saturated heterocycles. The summed E-state index contributed by atoms with van der Waals surface area (Å²) in [5, 5.41) is 3.22. The van der Waals surface area contributed by atoms with E-state index in [-0.39, 0.29) is 0 Å². The summed E-state index contributed by atoms with van der Waals surface area (Å²) in [4.78, 5) is 2.25. The van der Waals surface area contributed by atoms with Gasteiger partial charge in [0.05, 0.1) is 11.4 Å². The smallest absolute Gasteiger partial charge is 0.0602 e. The number of hydrogen-bond donors (Lipinski definition) is 1. The van der Waals surface area contributed by atoms with Crippen LogP contribution < -0.4 is 10.2 Å². The normalized spacial score (nSPS) is 10.0. The van der Waals surface area contributed by atoms with Gasteiger partial charge >= 0.3 is 0 Å². The molecule has 0 aliphatic carbocycles. The average molecular weight is 226 g/mol. The van der Waals surface area contributed by atoms with Gasteiger partial charge < -0.3 is 10.2 Å². The Balaban J connectivity index is 2.17. The number of hydrogen-bond acceptors (Lipinski definition) is 2. The van der Waals surface area contributed by atoms with Crippen LogP contribution in [0.25, 0.3) is 0 Å². The Hall–Kier alpha value is -1.96. The zero-order chi connectivity index (χ0) is 12.1. The highest BCUT2D eigenvalue weighted by Crippen LogP contribution is 2.25. The van der Waals surface area contributed by atoms with E-state index < -0.39 is 0 Å². The van der Waals surface area contributed by atoms with Crippen LogP contribution in [-0.4, -0.2) is 14.1 Å². The van der Waals surface area contributed by atoms with Gasteiger partial charge in [0.2, 0.25) is 0 Å². The van der Waals surface area contributed by atoms with Gasteiger partial charge in [-0.3, -0.25) is 0 Å². The van der Waals surface area contributed by atoms with Crippen molar-refractivity contribution < 1.29 is 0 Å². The van der Waals surface area contributed by atoms with Gasteiger partial charge in [-0.25, -0.2) is 0 Å². The molecule has 2 rings (SSSR count). The maximum Gasteiger partial charge on any atom is 0.0602 e. The third-order valence-electron chi connectivity index (χ3n) is 2.85. The van der Waals surface area contributed by atoms with Crippen LogP contribution in [0.15, 0.2) is 54.6 Å². The van der Waals surface area contributed by atoms with Gasteiger partial charge in [-0.05, 0) is 17.7 Å². The SMILES string of the molecule is CNc1ccccc1N(C)Cc1ccccc1. The molecule has 1 N–H and O–H groups in total. The zero-order valence-corrected chi connectivity index (χ0v) is 10.4. The number of rotatable bonds is 4. The third-order valence-corrected chi connectivity index (χ3v) is 2.85. The van der Waals surface area contributed by atoms with Crippen LogP contribution in [-0.2, 0) is 6.54 Å². The van der Waals surface area contributed by atoms with Gasteiger partial charge in [0.15, 0.2) is 0 Å². The van der Waals surface area contributed by atoms with E-state index in [1.807, 2.05) is 19.2 Å². The van der Waals surface area contributed by atoms with Crippen LogP contribution >= 0.6 is 0 Å². The molecule has 2 aromatic carbocycles. The standard InChI is InChI=1S/C15H18N2/c1-16-14-10-6-7-11-15(14)17(2)12-13-8-4-3-5-9-13/h3-11,16H,12H2,1-2H3. The molecule has 0 radical (unpaired) electrons. The largest absolute Gasteiger partial charge is 0.386 e. The summed E-state index contributed by atoms with van der Waals surface area (Å²) in [6.07, 6.45) is 0. The molecule has 88 valence electrons. The van der Waals surface area contributed by atoms with Crippen molar-refractivity contribution in [1.29, 1.82) is 0 Å². The molecule has 0 saturated carbocycles. The molecule has 0 fully saturated rings. The number of nitrogens with one attached hydrogen (secondary N) is 1. The van der Waals surface area contributed by atoms with Crippen molar-refractivity contribution in [3.8, 4) is 0 Å². The summed E-state index contributed by atoms with van der Waals surface area (Å²) in [7, 11) is 4.07. The quantitative estimate of drug-likeness (QED) is 0.860. The predicted octanol–water partition coefficient (Wildman–Crippen LogP) is 3.36. The molecule has 0 amide bonds. The van der Waals surface area contributed by atoms with E-state index in [2.05, 4.69) is 59.7 Å². The summed E-state index contributed by atoms with van der Waals surface area (Å²) in [5.74, 6) is 0. The van der Waals surface area contributed by atoms with Gasteiger partial charge in [0, 0.05) is 20.6 Å². The summed E-state index contributed by atoms with van der Waals surface area (Å²) in [5.41, 5.74) is 3.70. The first-order valence-corrected chi connectivity index (χ1v) is 5.83. The Bertz CT molecular complexity index is 465. The average Bonchev–Trinajstić information content (AvgIpc) is 2.40. The van der Waals surface area contributed by atoms with E-state index in [4.69, 9.17) is 0 Å². The molecule has 0 heterocycles. The van der Waals surface area contributed by atoms with Gasteiger partial charge in [-0.1, -0.05) is 42.5 Å². The zero-order valence-electron chi connectivity index (χ0n) is 10.4. The summed E-state index contributed by atoms with van der Waals surface area (Å²) in [6, 6.07) is 18.8. The van der Waals surface area contributed by atoms with Crippen molar-refractivity contribution in [2.45, 2.75) is 6.54 Å². The van der Waals surface area contributed by atoms with Gasteiger partial charge in [0.1, 0.15) is 0 Å². The molecule has 0 atom stereocenters. The monoisotopic (exact) mass is 226 g/mol. The molecule has 2 nitrogen and oxygen atoms in total. The lowest BCUT2D eigenvalue weighted by Crippen LogP contribution is -2.17. The Morgan fingerprint density at radius 1 is 0.941 bits per heavy atom. The fourth-order valence-electron chi connectivity index (χ4n) is 1.96. The Morgan fingerprint density at radius 2 is 1.59 bits per heavy atom. The minimum atomic E-state index is 0.916. The third kappa shape index (κ3) is 2.78. The minimum Gasteiger partial charge on any atom is -0.386 e. The van der Waals surface area contributed by atoms with Gasteiger partial charge in [-0.15, -0.1) is 0 Å². The van der Waals surface area contributed by atoms with Crippen molar-refractivity contribution in [1.82, 2.24) is 0 Å². The fourth-order valence-corrected chi connectivity index (χ4v) is 1.96. The van der Waals surface area contributed by atoms with Crippen LogP contribution in [0.2, 0.25) is 0 Å². The predicted molar refractivity (Wildman–Crippen MR) is 74.5 cm³/mol. The highest BCUT2D eigenvalue weighted by atomic mass is 15.1.